The maximum Gasteiger partial charge on any atom is 0.250 e. The second-order valence-corrected chi connectivity index (χ2v) is 10.0. The number of fused-ring (bicyclic) bond motifs is 1. The van der Waals surface area contributed by atoms with Gasteiger partial charge in [0.1, 0.15) is 5.82 Å². The fraction of sp³-hybridized carbons (Fsp3) is 0.529. The van der Waals surface area contributed by atoms with E-state index in [2.05, 4.69) is 4.99 Å². The van der Waals surface area contributed by atoms with Gasteiger partial charge in [0.2, 0.25) is 0 Å². The van der Waals surface area contributed by atoms with Gasteiger partial charge in [-0.05, 0) is 31.0 Å². The summed E-state index contributed by atoms with van der Waals surface area (Å²) < 4.78 is 38.1. The number of sulfone groups is 1. The third-order valence-electron chi connectivity index (χ3n) is 4.74. The molecule has 8 heteroatoms. The number of hydrogen-bond acceptors (Lipinski definition) is 4. The molecule has 1 aromatic carbocycles. The molecule has 1 amide bonds. The summed E-state index contributed by atoms with van der Waals surface area (Å²) in [6.45, 7) is 5.40. The summed E-state index contributed by atoms with van der Waals surface area (Å²) in [7, 11) is -3.13. The predicted molar refractivity (Wildman–Crippen MR) is 99.3 cm³/mol. The number of carbonyl (C=O) groups is 1. The number of anilines is 1. The minimum Gasteiger partial charge on any atom is -0.315 e. The number of rotatable bonds is 3. The van der Waals surface area contributed by atoms with Crippen molar-refractivity contribution < 1.29 is 17.6 Å². The molecular formula is C17H21FN2O3S2. The number of hydrogen-bond donors (Lipinski definition) is 0. The van der Waals surface area contributed by atoms with E-state index >= 15 is 0 Å². The number of carbonyl (C=O) groups excluding carboxylic acids is 1. The van der Waals surface area contributed by atoms with Crippen molar-refractivity contribution in [1.29, 1.82) is 0 Å². The molecule has 25 heavy (non-hydrogen) atoms. The highest BCUT2D eigenvalue weighted by Crippen LogP contribution is 2.41. The number of aryl methyl sites for hydroxylation is 1. The fourth-order valence-corrected chi connectivity index (χ4v) is 6.90. The van der Waals surface area contributed by atoms with Gasteiger partial charge >= 0.3 is 0 Å². The second kappa shape index (κ2) is 6.72. The molecule has 2 fully saturated rings. The van der Waals surface area contributed by atoms with E-state index in [1.165, 1.54) is 17.8 Å². The van der Waals surface area contributed by atoms with Gasteiger partial charge in [0.25, 0.3) is 5.91 Å². The quantitative estimate of drug-likeness (QED) is 0.802. The smallest absolute Gasteiger partial charge is 0.250 e. The van der Waals surface area contributed by atoms with Crippen LogP contribution in [0.1, 0.15) is 25.8 Å². The molecule has 2 heterocycles. The van der Waals surface area contributed by atoms with Crippen LogP contribution in [0.25, 0.3) is 0 Å². The van der Waals surface area contributed by atoms with Crippen LogP contribution in [-0.4, -0.2) is 42.3 Å². The van der Waals surface area contributed by atoms with E-state index < -0.39 is 9.84 Å². The van der Waals surface area contributed by atoms with Gasteiger partial charge in [-0.2, -0.15) is 4.99 Å². The first-order valence-corrected chi connectivity index (χ1v) is 11.0. The van der Waals surface area contributed by atoms with Crippen LogP contribution >= 0.6 is 11.8 Å². The molecular weight excluding hydrogens is 363 g/mol. The molecule has 2 aliphatic heterocycles. The molecule has 136 valence electrons. The van der Waals surface area contributed by atoms with Crippen molar-refractivity contribution in [2.75, 3.05) is 16.4 Å². The second-order valence-electron chi connectivity index (χ2n) is 6.65. The molecule has 3 atom stereocenters. The number of amides is 1. The lowest BCUT2D eigenvalue weighted by Gasteiger charge is -2.25. The van der Waals surface area contributed by atoms with Crippen molar-refractivity contribution in [3.63, 3.8) is 0 Å². The van der Waals surface area contributed by atoms with Crippen LogP contribution in [0.5, 0.6) is 0 Å². The van der Waals surface area contributed by atoms with E-state index in [4.69, 9.17) is 0 Å². The molecule has 0 radical (unpaired) electrons. The van der Waals surface area contributed by atoms with E-state index in [0.717, 1.165) is 0 Å². The average Bonchev–Trinajstić information content (AvgIpc) is 3.00. The van der Waals surface area contributed by atoms with Crippen LogP contribution in [0, 0.1) is 18.7 Å². The SMILES string of the molecule is CC[C@@H](C)C(=O)N=C1S[C@H]2CS(=O)(=O)C[C@H]2N1c1ccc(C)c(F)c1. The van der Waals surface area contributed by atoms with Gasteiger partial charge < -0.3 is 4.90 Å². The van der Waals surface area contributed by atoms with E-state index in [1.54, 1.807) is 24.0 Å². The maximum absolute atomic E-state index is 14.0. The third-order valence-corrected chi connectivity index (χ3v) is 7.95. The van der Waals surface area contributed by atoms with Gasteiger partial charge in [-0.25, -0.2) is 12.8 Å². The van der Waals surface area contributed by atoms with Gasteiger partial charge in [0, 0.05) is 16.9 Å². The van der Waals surface area contributed by atoms with Crippen LogP contribution in [0.4, 0.5) is 10.1 Å². The fourth-order valence-electron chi connectivity index (χ4n) is 2.98. The van der Waals surface area contributed by atoms with Crippen LogP contribution in [-0.2, 0) is 14.6 Å². The maximum atomic E-state index is 14.0. The monoisotopic (exact) mass is 384 g/mol. The van der Waals surface area contributed by atoms with Gasteiger partial charge in [-0.3, -0.25) is 4.79 Å². The highest BCUT2D eigenvalue weighted by Gasteiger charge is 2.49. The first-order chi connectivity index (χ1) is 11.7. The summed E-state index contributed by atoms with van der Waals surface area (Å²) in [5.41, 5.74) is 1.05. The Labute approximate surface area is 151 Å². The Morgan fingerprint density at radius 2 is 2.16 bits per heavy atom. The Kier molecular flexibility index (Phi) is 4.94. The lowest BCUT2D eigenvalue weighted by atomic mass is 10.1. The predicted octanol–water partition coefficient (Wildman–Crippen LogP) is 2.78. The number of nitrogens with zero attached hydrogens (tertiary/aromatic N) is 2. The zero-order chi connectivity index (χ0) is 18.4. The Balaban J connectivity index is 2.02. The number of halogens is 1. The molecule has 2 aliphatic rings. The highest BCUT2D eigenvalue weighted by molar-refractivity contribution is 8.16. The van der Waals surface area contributed by atoms with Gasteiger partial charge in [0.15, 0.2) is 15.0 Å². The minimum absolute atomic E-state index is 0.00327. The Morgan fingerprint density at radius 3 is 2.80 bits per heavy atom. The Hall–Kier alpha value is -1.41. The topological polar surface area (TPSA) is 66.8 Å². The van der Waals surface area contributed by atoms with Crippen LogP contribution in [0.3, 0.4) is 0 Å². The van der Waals surface area contributed by atoms with E-state index in [0.29, 0.717) is 22.8 Å². The lowest BCUT2D eigenvalue weighted by Crippen LogP contribution is -2.38. The molecule has 1 aromatic rings. The van der Waals surface area contributed by atoms with E-state index in [1.807, 2.05) is 13.8 Å². The molecule has 0 bridgehead atoms. The average molecular weight is 384 g/mol. The molecule has 2 saturated heterocycles. The zero-order valence-electron chi connectivity index (χ0n) is 14.4. The molecule has 0 saturated carbocycles. The molecule has 0 spiro atoms. The summed E-state index contributed by atoms with van der Waals surface area (Å²) in [5, 5.41) is 0.288. The highest BCUT2D eigenvalue weighted by atomic mass is 32.2. The Morgan fingerprint density at radius 1 is 1.44 bits per heavy atom. The summed E-state index contributed by atoms with van der Waals surface area (Å²) in [5.74, 6) is -0.737. The summed E-state index contributed by atoms with van der Waals surface area (Å²) in [6, 6.07) is 4.46. The molecule has 0 N–H and O–H groups in total. The van der Waals surface area contributed by atoms with Gasteiger partial charge in [-0.1, -0.05) is 31.7 Å². The largest absolute Gasteiger partial charge is 0.315 e. The van der Waals surface area contributed by atoms with E-state index in [9.17, 15) is 17.6 Å². The number of benzene rings is 1. The summed E-state index contributed by atoms with van der Waals surface area (Å²) in [6.07, 6.45) is 0.681. The van der Waals surface area contributed by atoms with Crippen LogP contribution in [0.15, 0.2) is 23.2 Å². The van der Waals surface area contributed by atoms with E-state index in [-0.39, 0.29) is 40.4 Å². The number of thioether (sulfide) groups is 1. The zero-order valence-corrected chi connectivity index (χ0v) is 16.0. The van der Waals surface area contributed by atoms with Crippen molar-refractivity contribution in [2.45, 2.75) is 38.5 Å². The molecule has 0 aliphatic carbocycles. The van der Waals surface area contributed by atoms with Crippen molar-refractivity contribution >= 4 is 38.4 Å². The number of amidine groups is 1. The van der Waals surface area contributed by atoms with Crippen molar-refractivity contribution in [2.24, 2.45) is 10.9 Å². The van der Waals surface area contributed by atoms with Gasteiger partial charge in [0.05, 0.1) is 17.5 Å². The van der Waals surface area contributed by atoms with Crippen LogP contribution in [0.2, 0.25) is 0 Å². The molecule has 5 nitrogen and oxygen atoms in total. The minimum atomic E-state index is -3.13. The van der Waals surface area contributed by atoms with Gasteiger partial charge in [-0.15, -0.1) is 0 Å². The van der Waals surface area contributed by atoms with Crippen molar-refractivity contribution in [3.05, 3.63) is 29.6 Å². The first kappa shape index (κ1) is 18.4. The number of aliphatic imine (C=N–C) groups is 1. The van der Waals surface area contributed by atoms with Crippen LogP contribution < -0.4 is 4.90 Å². The third kappa shape index (κ3) is 3.60. The molecule has 0 unspecified atom stereocenters. The summed E-state index contributed by atoms with van der Waals surface area (Å²) in [4.78, 5) is 18.2. The summed E-state index contributed by atoms with van der Waals surface area (Å²) >= 11 is 1.31. The Bertz CT molecular complexity index is 838. The molecule has 3 rings (SSSR count). The van der Waals surface area contributed by atoms with Crippen molar-refractivity contribution in [1.82, 2.24) is 0 Å². The standard InChI is InChI=1S/C17H21FN2O3S2/c1-4-10(2)16(21)19-17-20(12-6-5-11(3)13(18)7-12)14-8-25(22,23)9-15(14)24-17/h5-7,10,14-15H,4,8-9H2,1-3H3/t10-,14-,15+/m1/s1. The normalized spacial score (nSPS) is 27.5. The molecule has 0 aromatic heterocycles. The van der Waals surface area contributed by atoms with Crippen molar-refractivity contribution in [3.8, 4) is 0 Å². The lowest BCUT2D eigenvalue weighted by molar-refractivity contribution is -0.121. The first-order valence-electron chi connectivity index (χ1n) is 8.27.